The lowest BCUT2D eigenvalue weighted by Crippen LogP contribution is -2.55. The number of piperazine rings is 1. The van der Waals surface area contributed by atoms with Gasteiger partial charge in [0.15, 0.2) is 0 Å². The number of aryl methyl sites for hydroxylation is 1. The zero-order chi connectivity index (χ0) is 16.2. The van der Waals surface area contributed by atoms with Gasteiger partial charge in [-0.2, -0.15) is 0 Å². The normalized spacial score (nSPS) is 21.4. The van der Waals surface area contributed by atoms with E-state index < -0.39 is 0 Å². The highest BCUT2D eigenvalue weighted by Gasteiger charge is 2.24. The number of rotatable bonds is 4. The van der Waals surface area contributed by atoms with E-state index in [0.717, 1.165) is 24.6 Å². The Morgan fingerprint density at radius 3 is 2.61 bits per heavy atom. The van der Waals surface area contributed by atoms with Crippen LogP contribution >= 0.6 is 0 Å². The summed E-state index contributed by atoms with van der Waals surface area (Å²) >= 11 is 0. The van der Waals surface area contributed by atoms with E-state index in [9.17, 15) is 4.79 Å². The number of carbonyl (C=O) groups is 1. The van der Waals surface area contributed by atoms with Crippen LogP contribution in [0.4, 0.5) is 0 Å². The third kappa shape index (κ3) is 3.76. The van der Waals surface area contributed by atoms with E-state index in [-0.39, 0.29) is 5.91 Å². The van der Waals surface area contributed by atoms with Gasteiger partial charge in [0.05, 0.1) is 0 Å². The highest BCUT2D eigenvalue weighted by atomic mass is 16.2. The van der Waals surface area contributed by atoms with Crippen molar-refractivity contribution >= 4 is 5.91 Å². The monoisotopic (exact) mass is 313 g/mol. The van der Waals surface area contributed by atoms with E-state index in [4.69, 9.17) is 0 Å². The molecule has 1 aromatic heterocycles. The Balaban J connectivity index is 1.63. The first-order chi connectivity index (χ1) is 11.1. The molecule has 1 saturated heterocycles. The summed E-state index contributed by atoms with van der Waals surface area (Å²) < 4.78 is 1.94. The van der Waals surface area contributed by atoms with Crippen LogP contribution in [0.1, 0.15) is 26.1 Å². The van der Waals surface area contributed by atoms with Crippen molar-refractivity contribution in [2.75, 3.05) is 13.1 Å². The average molecular weight is 313 g/mol. The van der Waals surface area contributed by atoms with E-state index in [1.54, 1.807) is 6.33 Å². The quantitative estimate of drug-likeness (QED) is 0.927. The molecule has 3 rings (SSSR count). The fourth-order valence-electron chi connectivity index (χ4n) is 3.14. The molecule has 122 valence electrons. The Morgan fingerprint density at radius 1 is 1.22 bits per heavy atom. The molecule has 0 unspecified atom stereocenters. The molecule has 0 aliphatic carbocycles. The molecule has 2 aromatic rings. The number of para-hydroxylation sites is 1. The van der Waals surface area contributed by atoms with Crippen LogP contribution < -0.4 is 5.32 Å². The molecule has 1 fully saturated rings. The zero-order valence-electron chi connectivity index (χ0n) is 13.6. The standard InChI is InChI=1S/C17H23N5O/c1-13-10-21(11-14(2)19-13)17(23)9-8-16-20-18-12-22(16)15-6-4-3-5-7-15/h3-7,12-14,19H,8-11H2,1-2H3/t13-,14-/m0/s1. The van der Waals surface area contributed by atoms with E-state index in [1.807, 2.05) is 39.8 Å². The second-order valence-electron chi connectivity index (χ2n) is 6.22. The number of benzene rings is 1. The molecule has 2 heterocycles. The first-order valence-electron chi connectivity index (χ1n) is 8.11. The molecular formula is C17H23N5O. The number of amides is 1. The predicted molar refractivity (Wildman–Crippen MR) is 88.3 cm³/mol. The zero-order valence-corrected chi connectivity index (χ0v) is 13.6. The van der Waals surface area contributed by atoms with Crippen LogP contribution in [0.25, 0.3) is 5.69 Å². The minimum Gasteiger partial charge on any atom is -0.340 e. The van der Waals surface area contributed by atoms with Crippen molar-refractivity contribution < 1.29 is 4.79 Å². The maximum absolute atomic E-state index is 12.5. The topological polar surface area (TPSA) is 63.1 Å². The summed E-state index contributed by atoms with van der Waals surface area (Å²) in [6.07, 6.45) is 2.76. The molecule has 0 saturated carbocycles. The van der Waals surface area contributed by atoms with Gasteiger partial charge in [-0.1, -0.05) is 18.2 Å². The van der Waals surface area contributed by atoms with Crippen molar-refractivity contribution in [3.05, 3.63) is 42.5 Å². The van der Waals surface area contributed by atoms with E-state index in [0.29, 0.717) is 24.9 Å². The van der Waals surface area contributed by atoms with Crippen molar-refractivity contribution in [3.63, 3.8) is 0 Å². The molecule has 0 radical (unpaired) electrons. The van der Waals surface area contributed by atoms with Crippen molar-refractivity contribution in [2.24, 2.45) is 0 Å². The van der Waals surface area contributed by atoms with Crippen LogP contribution in [-0.2, 0) is 11.2 Å². The van der Waals surface area contributed by atoms with Crippen molar-refractivity contribution in [2.45, 2.75) is 38.8 Å². The average Bonchev–Trinajstić information content (AvgIpc) is 3.01. The number of nitrogens with zero attached hydrogens (tertiary/aromatic N) is 4. The summed E-state index contributed by atoms with van der Waals surface area (Å²) in [5, 5.41) is 11.6. The number of carbonyl (C=O) groups excluding carboxylic acids is 1. The number of aromatic nitrogens is 3. The van der Waals surface area contributed by atoms with Crippen LogP contribution in [0.15, 0.2) is 36.7 Å². The lowest BCUT2D eigenvalue weighted by atomic mass is 10.1. The van der Waals surface area contributed by atoms with Gasteiger partial charge in [0.2, 0.25) is 5.91 Å². The molecule has 1 N–H and O–H groups in total. The van der Waals surface area contributed by atoms with Crippen LogP contribution in [0.3, 0.4) is 0 Å². The summed E-state index contributed by atoms with van der Waals surface area (Å²) in [4.78, 5) is 14.4. The van der Waals surface area contributed by atoms with Gasteiger partial charge in [-0.3, -0.25) is 9.36 Å². The lowest BCUT2D eigenvalue weighted by Gasteiger charge is -2.36. The minimum absolute atomic E-state index is 0.188. The maximum Gasteiger partial charge on any atom is 0.223 e. The number of hydrogen-bond donors (Lipinski definition) is 1. The van der Waals surface area contributed by atoms with E-state index in [2.05, 4.69) is 29.4 Å². The summed E-state index contributed by atoms with van der Waals surface area (Å²) in [6.45, 7) is 5.77. The van der Waals surface area contributed by atoms with Crippen molar-refractivity contribution in [1.29, 1.82) is 0 Å². The van der Waals surface area contributed by atoms with Crippen LogP contribution in [0, 0.1) is 0 Å². The summed E-state index contributed by atoms with van der Waals surface area (Å²) in [5.74, 6) is 1.01. The molecule has 0 bridgehead atoms. The Hall–Kier alpha value is -2.21. The molecular weight excluding hydrogens is 290 g/mol. The Morgan fingerprint density at radius 2 is 1.91 bits per heavy atom. The van der Waals surface area contributed by atoms with Gasteiger partial charge in [0, 0.05) is 43.7 Å². The molecule has 6 nitrogen and oxygen atoms in total. The summed E-state index contributed by atoms with van der Waals surface area (Å²) in [5.41, 5.74) is 1.02. The maximum atomic E-state index is 12.5. The SMILES string of the molecule is C[C@H]1CN(C(=O)CCc2nncn2-c2ccccc2)C[C@H](C)N1. The van der Waals surface area contributed by atoms with Gasteiger partial charge < -0.3 is 10.2 Å². The van der Waals surface area contributed by atoms with Gasteiger partial charge in [-0.25, -0.2) is 0 Å². The first-order valence-corrected chi connectivity index (χ1v) is 8.11. The van der Waals surface area contributed by atoms with Gasteiger partial charge in [0.25, 0.3) is 0 Å². The molecule has 1 aliphatic rings. The number of hydrogen-bond acceptors (Lipinski definition) is 4. The smallest absolute Gasteiger partial charge is 0.223 e. The van der Waals surface area contributed by atoms with Gasteiger partial charge >= 0.3 is 0 Å². The Bertz CT molecular complexity index is 644. The molecule has 1 aliphatic heterocycles. The lowest BCUT2D eigenvalue weighted by molar-refractivity contribution is -0.132. The molecule has 6 heteroatoms. The molecule has 1 amide bonds. The predicted octanol–water partition coefficient (Wildman–Crippen LogP) is 1.41. The third-order valence-electron chi connectivity index (χ3n) is 4.13. The fraction of sp³-hybridized carbons (Fsp3) is 0.471. The molecule has 1 aromatic carbocycles. The van der Waals surface area contributed by atoms with E-state index in [1.165, 1.54) is 0 Å². The largest absolute Gasteiger partial charge is 0.340 e. The summed E-state index contributed by atoms with van der Waals surface area (Å²) in [7, 11) is 0. The second-order valence-corrected chi connectivity index (χ2v) is 6.22. The van der Waals surface area contributed by atoms with Crippen molar-refractivity contribution in [1.82, 2.24) is 25.0 Å². The Kier molecular flexibility index (Phi) is 4.71. The highest BCUT2D eigenvalue weighted by molar-refractivity contribution is 5.76. The second kappa shape index (κ2) is 6.91. The Labute approximate surface area is 136 Å². The molecule has 0 spiro atoms. The molecule has 2 atom stereocenters. The van der Waals surface area contributed by atoms with Gasteiger partial charge in [-0.15, -0.1) is 10.2 Å². The van der Waals surface area contributed by atoms with Crippen LogP contribution in [0.5, 0.6) is 0 Å². The first kappa shape index (κ1) is 15.7. The fourth-order valence-corrected chi connectivity index (χ4v) is 3.14. The van der Waals surface area contributed by atoms with Crippen LogP contribution in [0.2, 0.25) is 0 Å². The van der Waals surface area contributed by atoms with Gasteiger partial charge in [-0.05, 0) is 26.0 Å². The van der Waals surface area contributed by atoms with Gasteiger partial charge in [0.1, 0.15) is 12.2 Å². The third-order valence-corrected chi connectivity index (χ3v) is 4.13. The number of nitrogens with one attached hydrogen (secondary N) is 1. The summed E-state index contributed by atoms with van der Waals surface area (Å²) in [6, 6.07) is 10.6. The van der Waals surface area contributed by atoms with Crippen LogP contribution in [-0.4, -0.2) is 50.7 Å². The van der Waals surface area contributed by atoms with E-state index >= 15 is 0 Å². The minimum atomic E-state index is 0.188. The highest BCUT2D eigenvalue weighted by Crippen LogP contribution is 2.12. The van der Waals surface area contributed by atoms with Crippen molar-refractivity contribution in [3.8, 4) is 5.69 Å². The molecule has 23 heavy (non-hydrogen) atoms.